The van der Waals surface area contributed by atoms with Crippen LogP contribution in [0.5, 0.6) is 0 Å². The number of aryl methyl sites for hydroxylation is 1. The molecule has 0 unspecified atom stereocenters. The summed E-state index contributed by atoms with van der Waals surface area (Å²) in [4.78, 5) is 24.6. The van der Waals surface area contributed by atoms with Gasteiger partial charge in [-0.2, -0.15) is 13.2 Å². The van der Waals surface area contributed by atoms with Gasteiger partial charge in [0.25, 0.3) is 5.91 Å². The van der Waals surface area contributed by atoms with Crippen molar-refractivity contribution in [2.24, 2.45) is 0 Å². The van der Waals surface area contributed by atoms with Gasteiger partial charge in [0.2, 0.25) is 0 Å². The molecule has 0 atom stereocenters. The van der Waals surface area contributed by atoms with Gasteiger partial charge in [-0.1, -0.05) is 18.2 Å². The topological polar surface area (TPSA) is 70.2 Å². The van der Waals surface area contributed by atoms with Crippen LogP contribution in [0.2, 0.25) is 0 Å². The lowest BCUT2D eigenvalue weighted by molar-refractivity contribution is -0.137. The highest BCUT2D eigenvalue weighted by Gasteiger charge is 2.31. The molecule has 0 fully saturated rings. The number of halogens is 3. The molecule has 0 bridgehead atoms. The third-order valence-corrected chi connectivity index (χ3v) is 3.70. The van der Waals surface area contributed by atoms with Crippen LogP contribution in [0.25, 0.3) is 0 Å². The number of rotatable bonds is 3. The molecule has 0 aliphatic carbocycles. The molecule has 28 heavy (non-hydrogen) atoms. The summed E-state index contributed by atoms with van der Waals surface area (Å²) in [6.07, 6.45) is -4.54. The van der Waals surface area contributed by atoms with Crippen molar-refractivity contribution in [3.8, 4) is 0 Å². The van der Waals surface area contributed by atoms with Gasteiger partial charge in [-0.25, -0.2) is 4.79 Å². The van der Waals surface area contributed by atoms with Crippen molar-refractivity contribution in [3.63, 3.8) is 0 Å². The van der Waals surface area contributed by atoms with Gasteiger partial charge in [0.1, 0.15) is 0 Å². The maximum absolute atomic E-state index is 12.9. The number of amides is 3. The van der Waals surface area contributed by atoms with E-state index in [4.69, 9.17) is 0 Å². The molecule has 0 aromatic heterocycles. The van der Waals surface area contributed by atoms with Crippen LogP contribution in [0, 0.1) is 6.92 Å². The second-order valence-electron chi connectivity index (χ2n) is 7.36. The first kappa shape index (κ1) is 21.3. The number of carbonyl (C=O) groups excluding carboxylic acids is 2. The number of hydrogen-bond donors (Lipinski definition) is 3. The maximum Gasteiger partial charge on any atom is 0.416 e. The van der Waals surface area contributed by atoms with Crippen molar-refractivity contribution in [3.05, 3.63) is 59.2 Å². The predicted octanol–water partition coefficient (Wildman–Crippen LogP) is 5.19. The monoisotopic (exact) mass is 393 g/mol. The highest BCUT2D eigenvalue weighted by atomic mass is 19.4. The van der Waals surface area contributed by atoms with E-state index in [1.54, 1.807) is 25.1 Å². The quantitative estimate of drug-likeness (QED) is 0.672. The van der Waals surface area contributed by atoms with Gasteiger partial charge in [0, 0.05) is 11.1 Å². The third-order valence-electron chi connectivity index (χ3n) is 3.70. The Balaban J connectivity index is 2.27. The Hall–Kier alpha value is -3.03. The normalized spacial score (nSPS) is 11.7. The number of nitrogens with one attached hydrogen (secondary N) is 3. The molecule has 0 aliphatic rings. The number of anilines is 2. The standard InChI is InChI=1S/C20H22F3N3O2/c1-12-7-5-10-15(24-18(28)26-19(2,3)4)16(12)25-17(27)13-8-6-9-14(11-13)20(21,22)23/h5-11H,1-4H3,(H,25,27)(H2,24,26,28). The first-order valence-corrected chi connectivity index (χ1v) is 8.54. The van der Waals surface area contributed by atoms with E-state index in [2.05, 4.69) is 16.0 Å². The van der Waals surface area contributed by atoms with Gasteiger partial charge in [-0.15, -0.1) is 0 Å². The fourth-order valence-electron chi connectivity index (χ4n) is 2.45. The molecule has 0 spiro atoms. The summed E-state index contributed by atoms with van der Waals surface area (Å²) in [6.45, 7) is 7.17. The molecule has 2 rings (SSSR count). The van der Waals surface area contributed by atoms with Gasteiger partial charge in [-0.3, -0.25) is 4.79 Å². The second kappa shape index (κ2) is 7.92. The van der Waals surface area contributed by atoms with Crippen LogP contribution in [0.4, 0.5) is 29.3 Å². The van der Waals surface area contributed by atoms with E-state index in [0.717, 1.165) is 12.1 Å². The van der Waals surface area contributed by atoms with Gasteiger partial charge in [0.15, 0.2) is 0 Å². The highest BCUT2D eigenvalue weighted by Crippen LogP contribution is 2.30. The lowest BCUT2D eigenvalue weighted by atomic mass is 10.1. The fraction of sp³-hybridized carbons (Fsp3) is 0.300. The van der Waals surface area contributed by atoms with Gasteiger partial charge >= 0.3 is 12.2 Å². The summed E-state index contributed by atoms with van der Waals surface area (Å²) in [7, 11) is 0. The first-order chi connectivity index (χ1) is 12.9. The van der Waals surface area contributed by atoms with Crippen LogP contribution in [0.15, 0.2) is 42.5 Å². The molecule has 5 nitrogen and oxygen atoms in total. The van der Waals surface area contributed by atoms with Gasteiger partial charge in [0.05, 0.1) is 16.9 Å². The molecule has 2 aromatic rings. The highest BCUT2D eigenvalue weighted by molar-refractivity contribution is 6.07. The molecule has 0 heterocycles. The third kappa shape index (κ3) is 5.73. The minimum Gasteiger partial charge on any atom is -0.333 e. The van der Waals surface area contributed by atoms with Crippen LogP contribution >= 0.6 is 0 Å². The molecular formula is C20H22F3N3O2. The molecular weight excluding hydrogens is 371 g/mol. The number of hydrogen-bond acceptors (Lipinski definition) is 2. The van der Waals surface area contributed by atoms with E-state index in [-0.39, 0.29) is 5.56 Å². The van der Waals surface area contributed by atoms with E-state index >= 15 is 0 Å². The van der Waals surface area contributed by atoms with E-state index < -0.39 is 29.2 Å². The molecule has 2 aromatic carbocycles. The van der Waals surface area contributed by atoms with Crippen molar-refractivity contribution in [2.45, 2.75) is 39.4 Å². The average Bonchev–Trinajstić information content (AvgIpc) is 2.55. The molecule has 0 radical (unpaired) electrons. The molecule has 3 amide bonds. The largest absolute Gasteiger partial charge is 0.416 e. The summed E-state index contributed by atoms with van der Waals surface area (Å²) < 4.78 is 38.6. The van der Waals surface area contributed by atoms with E-state index in [0.29, 0.717) is 16.9 Å². The Morgan fingerprint density at radius 3 is 2.18 bits per heavy atom. The van der Waals surface area contributed by atoms with E-state index in [9.17, 15) is 22.8 Å². The number of carbonyl (C=O) groups is 2. The summed E-state index contributed by atoms with van der Waals surface area (Å²) >= 11 is 0. The van der Waals surface area contributed by atoms with Crippen LogP contribution in [0.3, 0.4) is 0 Å². The van der Waals surface area contributed by atoms with Crippen LogP contribution in [-0.4, -0.2) is 17.5 Å². The van der Waals surface area contributed by atoms with Crippen molar-refractivity contribution in [1.82, 2.24) is 5.32 Å². The minimum atomic E-state index is -4.54. The second-order valence-corrected chi connectivity index (χ2v) is 7.36. The molecule has 150 valence electrons. The number of alkyl halides is 3. The summed E-state index contributed by atoms with van der Waals surface area (Å²) in [5.41, 5.74) is -0.212. The van der Waals surface area contributed by atoms with Gasteiger partial charge in [-0.05, 0) is 57.5 Å². The lowest BCUT2D eigenvalue weighted by Crippen LogP contribution is -2.43. The Morgan fingerprint density at radius 1 is 0.929 bits per heavy atom. The van der Waals surface area contributed by atoms with Crippen molar-refractivity contribution in [2.75, 3.05) is 10.6 Å². The summed E-state index contributed by atoms with van der Waals surface area (Å²) in [5.74, 6) is -0.709. The minimum absolute atomic E-state index is 0.136. The zero-order valence-electron chi connectivity index (χ0n) is 16.0. The zero-order chi connectivity index (χ0) is 21.1. The Morgan fingerprint density at radius 2 is 1.57 bits per heavy atom. The molecule has 8 heteroatoms. The maximum atomic E-state index is 12.9. The predicted molar refractivity (Wildman–Crippen MR) is 102 cm³/mol. The summed E-state index contributed by atoms with van der Waals surface area (Å²) in [5, 5.41) is 7.98. The Bertz CT molecular complexity index is 887. The van der Waals surface area contributed by atoms with E-state index in [1.165, 1.54) is 12.1 Å². The Labute approximate surface area is 161 Å². The van der Waals surface area contributed by atoms with Crippen molar-refractivity contribution < 1.29 is 22.8 Å². The van der Waals surface area contributed by atoms with Crippen LogP contribution in [-0.2, 0) is 6.18 Å². The molecule has 0 saturated heterocycles. The molecule has 3 N–H and O–H groups in total. The number of para-hydroxylation sites is 1. The van der Waals surface area contributed by atoms with Crippen molar-refractivity contribution in [1.29, 1.82) is 0 Å². The molecule has 0 saturated carbocycles. The Kier molecular flexibility index (Phi) is 6.01. The summed E-state index contributed by atoms with van der Waals surface area (Å²) in [6, 6.07) is 8.69. The van der Waals surface area contributed by atoms with Crippen molar-refractivity contribution >= 4 is 23.3 Å². The fourth-order valence-corrected chi connectivity index (χ4v) is 2.45. The zero-order valence-corrected chi connectivity index (χ0v) is 16.0. The molecule has 0 aliphatic heterocycles. The van der Waals surface area contributed by atoms with E-state index in [1.807, 2.05) is 20.8 Å². The smallest absolute Gasteiger partial charge is 0.333 e. The van der Waals surface area contributed by atoms with Crippen LogP contribution in [0.1, 0.15) is 42.3 Å². The SMILES string of the molecule is Cc1cccc(NC(=O)NC(C)(C)C)c1NC(=O)c1cccc(C(F)(F)F)c1. The average molecular weight is 393 g/mol. The van der Waals surface area contributed by atoms with Crippen LogP contribution < -0.4 is 16.0 Å². The number of benzene rings is 2. The lowest BCUT2D eigenvalue weighted by Gasteiger charge is -2.22. The number of urea groups is 1. The first-order valence-electron chi connectivity index (χ1n) is 8.54. The van der Waals surface area contributed by atoms with Gasteiger partial charge < -0.3 is 16.0 Å².